The molecule has 106 valence electrons. The van der Waals surface area contributed by atoms with Gasteiger partial charge in [0.25, 0.3) is 5.91 Å². The highest BCUT2D eigenvalue weighted by Crippen LogP contribution is 2.32. The number of nitrogen functional groups attached to an aromatic ring is 1. The van der Waals surface area contributed by atoms with Gasteiger partial charge < -0.3 is 11.1 Å². The van der Waals surface area contributed by atoms with Crippen LogP contribution in [0.1, 0.15) is 20.8 Å². The van der Waals surface area contributed by atoms with Gasteiger partial charge in [-0.05, 0) is 37.1 Å². The molecule has 1 aromatic carbocycles. The Morgan fingerprint density at radius 2 is 1.90 bits per heavy atom. The van der Waals surface area contributed by atoms with Gasteiger partial charge in [0.15, 0.2) is 0 Å². The van der Waals surface area contributed by atoms with E-state index >= 15 is 0 Å². The summed E-state index contributed by atoms with van der Waals surface area (Å²) in [5, 5.41) is 2.96. The van der Waals surface area contributed by atoms with Gasteiger partial charge >= 0.3 is 0 Å². The molecular weight excluding hydrogens is 282 g/mol. The molecule has 0 aliphatic heterocycles. The molecule has 4 nitrogen and oxygen atoms in total. The van der Waals surface area contributed by atoms with Crippen molar-refractivity contribution >= 4 is 38.8 Å². The number of hydrogen-bond donors (Lipinski definition) is 2. The summed E-state index contributed by atoms with van der Waals surface area (Å²) in [6, 6.07) is 9.67. The van der Waals surface area contributed by atoms with Crippen molar-refractivity contribution in [3.63, 3.8) is 0 Å². The van der Waals surface area contributed by atoms with Crippen LogP contribution in [0.25, 0.3) is 10.2 Å². The minimum atomic E-state index is -0.187. The van der Waals surface area contributed by atoms with E-state index in [1.165, 1.54) is 11.3 Å². The van der Waals surface area contributed by atoms with Crippen LogP contribution in [-0.4, -0.2) is 10.9 Å². The van der Waals surface area contributed by atoms with Gasteiger partial charge in [0.1, 0.15) is 10.4 Å². The number of carbonyl (C=O) groups excluding carboxylic acids is 1. The first-order chi connectivity index (χ1) is 10.1. The molecule has 3 rings (SSSR count). The Bertz CT molecular complexity index is 818. The lowest BCUT2D eigenvalue weighted by Crippen LogP contribution is -2.13. The fraction of sp³-hybridized carbons (Fsp3) is 0.125. The smallest absolute Gasteiger partial charge is 0.267 e. The van der Waals surface area contributed by atoms with Gasteiger partial charge in [-0.2, -0.15) is 0 Å². The molecule has 2 aromatic heterocycles. The van der Waals surface area contributed by atoms with Gasteiger partial charge in [-0.1, -0.05) is 18.2 Å². The Labute approximate surface area is 126 Å². The highest BCUT2D eigenvalue weighted by molar-refractivity contribution is 7.21. The maximum absolute atomic E-state index is 12.5. The first-order valence-corrected chi connectivity index (χ1v) is 7.40. The molecule has 2 heterocycles. The van der Waals surface area contributed by atoms with E-state index in [9.17, 15) is 4.79 Å². The zero-order valence-electron chi connectivity index (χ0n) is 11.8. The van der Waals surface area contributed by atoms with E-state index in [0.717, 1.165) is 21.5 Å². The first-order valence-electron chi connectivity index (χ1n) is 6.58. The minimum Gasteiger partial charge on any atom is -0.396 e. The minimum absolute atomic E-state index is 0.187. The standard InChI is InChI=1S/C16H15N3OS/c1-9-5-3-6-10(2)13(9)19-16(20)15-12(17)14-11(21-15)7-4-8-18-14/h3-8H,17H2,1-2H3,(H,19,20). The molecule has 0 bridgehead atoms. The summed E-state index contributed by atoms with van der Waals surface area (Å²) in [7, 11) is 0. The largest absolute Gasteiger partial charge is 0.396 e. The maximum atomic E-state index is 12.5. The number of hydrogen-bond acceptors (Lipinski definition) is 4. The molecule has 3 N–H and O–H groups in total. The number of para-hydroxylation sites is 1. The van der Waals surface area contributed by atoms with E-state index in [4.69, 9.17) is 5.73 Å². The zero-order valence-corrected chi connectivity index (χ0v) is 12.6. The van der Waals surface area contributed by atoms with Crippen LogP contribution in [0.15, 0.2) is 36.5 Å². The number of carbonyl (C=O) groups is 1. The van der Waals surface area contributed by atoms with E-state index in [1.807, 2.05) is 44.2 Å². The highest BCUT2D eigenvalue weighted by Gasteiger charge is 2.18. The molecule has 5 heteroatoms. The van der Waals surface area contributed by atoms with Crippen molar-refractivity contribution in [3.05, 3.63) is 52.5 Å². The number of amides is 1. The summed E-state index contributed by atoms with van der Waals surface area (Å²) in [6.45, 7) is 3.94. The Balaban J connectivity index is 2.00. The average Bonchev–Trinajstić information content (AvgIpc) is 2.81. The molecule has 0 saturated heterocycles. The predicted molar refractivity (Wildman–Crippen MR) is 87.9 cm³/mol. The fourth-order valence-corrected chi connectivity index (χ4v) is 3.27. The summed E-state index contributed by atoms with van der Waals surface area (Å²) < 4.78 is 0.918. The van der Waals surface area contributed by atoms with Crippen LogP contribution in [-0.2, 0) is 0 Å². The third kappa shape index (κ3) is 2.36. The van der Waals surface area contributed by atoms with Crippen molar-refractivity contribution in [3.8, 4) is 0 Å². The molecule has 0 aliphatic carbocycles. The second kappa shape index (κ2) is 5.18. The Hall–Kier alpha value is -2.40. The molecule has 0 atom stereocenters. The number of nitrogens with two attached hydrogens (primary N) is 1. The second-order valence-electron chi connectivity index (χ2n) is 4.92. The molecule has 3 aromatic rings. The molecule has 1 amide bonds. The van der Waals surface area contributed by atoms with Crippen molar-refractivity contribution in [2.45, 2.75) is 13.8 Å². The summed E-state index contributed by atoms with van der Waals surface area (Å²) in [4.78, 5) is 17.2. The molecular formula is C16H15N3OS. The van der Waals surface area contributed by atoms with Gasteiger partial charge in [0.05, 0.1) is 10.4 Å². The van der Waals surface area contributed by atoms with Crippen LogP contribution in [0.4, 0.5) is 11.4 Å². The quantitative estimate of drug-likeness (QED) is 0.757. The third-order valence-electron chi connectivity index (χ3n) is 3.41. The van der Waals surface area contributed by atoms with Crippen LogP contribution in [0, 0.1) is 13.8 Å². The Morgan fingerprint density at radius 3 is 2.57 bits per heavy atom. The van der Waals surface area contributed by atoms with Crippen LogP contribution < -0.4 is 11.1 Å². The summed E-state index contributed by atoms with van der Waals surface area (Å²) in [5.74, 6) is -0.187. The molecule has 0 saturated carbocycles. The monoisotopic (exact) mass is 297 g/mol. The number of aryl methyl sites for hydroxylation is 2. The SMILES string of the molecule is Cc1cccc(C)c1NC(=O)c1sc2cccnc2c1N. The van der Waals surface area contributed by atoms with Crippen molar-refractivity contribution in [1.82, 2.24) is 4.98 Å². The Morgan fingerprint density at radius 1 is 1.19 bits per heavy atom. The number of nitrogens with one attached hydrogen (secondary N) is 1. The van der Waals surface area contributed by atoms with Crippen LogP contribution in [0.3, 0.4) is 0 Å². The van der Waals surface area contributed by atoms with Gasteiger partial charge in [-0.25, -0.2) is 0 Å². The lowest BCUT2D eigenvalue weighted by atomic mass is 10.1. The zero-order chi connectivity index (χ0) is 15.0. The van der Waals surface area contributed by atoms with Crippen molar-refractivity contribution in [2.24, 2.45) is 0 Å². The van der Waals surface area contributed by atoms with Crippen LogP contribution in [0.2, 0.25) is 0 Å². The van der Waals surface area contributed by atoms with E-state index in [2.05, 4.69) is 10.3 Å². The molecule has 21 heavy (non-hydrogen) atoms. The molecule has 0 fully saturated rings. The summed E-state index contributed by atoms with van der Waals surface area (Å²) >= 11 is 1.36. The average molecular weight is 297 g/mol. The number of pyridine rings is 1. The van der Waals surface area contributed by atoms with E-state index in [0.29, 0.717) is 16.1 Å². The van der Waals surface area contributed by atoms with E-state index in [1.54, 1.807) is 6.20 Å². The topological polar surface area (TPSA) is 68.0 Å². The van der Waals surface area contributed by atoms with Crippen LogP contribution >= 0.6 is 11.3 Å². The van der Waals surface area contributed by atoms with Crippen LogP contribution in [0.5, 0.6) is 0 Å². The second-order valence-corrected chi connectivity index (χ2v) is 5.97. The number of anilines is 2. The normalized spacial score (nSPS) is 10.8. The van der Waals surface area contributed by atoms with Gasteiger partial charge in [0.2, 0.25) is 0 Å². The lowest BCUT2D eigenvalue weighted by Gasteiger charge is -2.10. The lowest BCUT2D eigenvalue weighted by molar-refractivity contribution is 0.103. The van der Waals surface area contributed by atoms with Gasteiger partial charge in [-0.15, -0.1) is 11.3 Å². The number of fused-ring (bicyclic) bond motifs is 1. The molecule has 0 unspecified atom stereocenters. The fourth-order valence-electron chi connectivity index (χ4n) is 2.30. The van der Waals surface area contributed by atoms with Crippen molar-refractivity contribution in [2.75, 3.05) is 11.1 Å². The Kier molecular flexibility index (Phi) is 3.35. The van der Waals surface area contributed by atoms with Crippen molar-refractivity contribution < 1.29 is 4.79 Å². The number of nitrogens with zero attached hydrogens (tertiary/aromatic N) is 1. The highest BCUT2D eigenvalue weighted by atomic mass is 32.1. The first kappa shape index (κ1) is 13.6. The predicted octanol–water partition coefficient (Wildman–Crippen LogP) is 3.75. The molecule has 0 radical (unpaired) electrons. The van der Waals surface area contributed by atoms with E-state index < -0.39 is 0 Å². The third-order valence-corrected chi connectivity index (χ3v) is 4.57. The van der Waals surface area contributed by atoms with Gasteiger partial charge in [0, 0.05) is 11.9 Å². The molecule has 0 spiro atoms. The number of rotatable bonds is 2. The summed E-state index contributed by atoms with van der Waals surface area (Å²) in [5.41, 5.74) is 10.1. The van der Waals surface area contributed by atoms with Crippen molar-refractivity contribution in [1.29, 1.82) is 0 Å². The molecule has 0 aliphatic rings. The summed E-state index contributed by atoms with van der Waals surface area (Å²) in [6.07, 6.45) is 1.68. The number of aromatic nitrogens is 1. The number of thiophene rings is 1. The maximum Gasteiger partial charge on any atom is 0.267 e. The van der Waals surface area contributed by atoms with E-state index in [-0.39, 0.29) is 5.91 Å². The number of benzene rings is 1. The van der Waals surface area contributed by atoms with Gasteiger partial charge in [-0.3, -0.25) is 9.78 Å².